The van der Waals surface area contributed by atoms with E-state index in [2.05, 4.69) is 50.1 Å². The Hall–Kier alpha value is -3.21. The Morgan fingerprint density at radius 2 is 1.65 bits per heavy atom. The molecule has 3 aromatic heterocycles. The number of rotatable bonds is 1. The summed E-state index contributed by atoms with van der Waals surface area (Å²) in [4.78, 5) is 9.59. The molecule has 1 aliphatic carbocycles. The van der Waals surface area contributed by atoms with Gasteiger partial charge >= 0.3 is 0 Å². The van der Waals surface area contributed by atoms with Crippen LogP contribution in [0.2, 0.25) is 0 Å². The van der Waals surface area contributed by atoms with E-state index < -0.39 is 0 Å². The SMILES string of the molecule is CC.CC.Cn1cnc2ccc(-c3nc4ccc5[nH]ncc5c4c4c3CCCC4)cc21. The van der Waals surface area contributed by atoms with Gasteiger partial charge in [0.15, 0.2) is 0 Å². The van der Waals surface area contributed by atoms with Crippen LogP contribution in [0.15, 0.2) is 42.9 Å². The molecular formula is C26H31N5. The molecule has 1 aliphatic rings. The first-order chi connectivity index (χ1) is 15.3. The minimum atomic E-state index is 1.02. The van der Waals surface area contributed by atoms with E-state index in [9.17, 15) is 0 Å². The monoisotopic (exact) mass is 413 g/mol. The number of aromatic amines is 1. The molecule has 1 N–H and O–H groups in total. The molecule has 0 bridgehead atoms. The molecule has 5 nitrogen and oxygen atoms in total. The molecule has 0 fully saturated rings. The van der Waals surface area contributed by atoms with Crippen LogP contribution in [0.4, 0.5) is 0 Å². The van der Waals surface area contributed by atoms with Gasteiger partial charge in [0.25, 0.3) is 0 Å². The summed E-state index contributed by atoms with van der Waals surface area (Å²) in [5, 5.41) is 9.82. The van der Waals surface area contributed by atoms with E-state index in [1.165, 1.54) is 40.3 Å². The summed E-state index contributed by atoms with van der Waals surface area (Å²) >= 11 is 0. The van der Waals surface area contributed by atoms with Crippen molar-refractivity contribution in [2.24, 2.45) is 7.05 Å². The molecule has 5 heteroatoms. The number of hydrogen-bond acceptors (Lipinski definition) is 3. The minimum Gasteiger partial charge on any atom is -0.334 e. The molecule has 0 saturated carbocycles. The molecule has 0 amide bonds. The van der Waals surface area contributed by atoms with E-state index in [4.69, 9.17) is 4.98 Å². The van der Waals surface area contributed by atoms with E-state index in [0.29, 0.717) is 0 Å². The Balaban J connectivity index is 0.000000549. The molecule has 0 spiro atoms. The largest absolute Gasteiger partial charge is 0.334 e. The summed E-state index contributed by atoms with van der Waals surface area (Å²) in [5.41, 5.74) is 9.48. The molecule has 6 rings (SSSR count). The average molecular weight is 414 g/mol. The summed E-state index contributed by atoms with van der Waals surface area (Å²) in [6.45, 7) is 8.00. The number of fused-ring (bicyclic) bond motifs is 6. The third kappa shape index (κ3) is 3.48. The maximum Gasteiger partial charge on any atom is 0.0955 e. The molecule has 3 heterocycles. The lowest BCUT2D eigenvalue weighted by Gasteiger charge is -2.22. The van der Waals surface area contributed by atoms with Gasteiger partial charge in [-0.1, -0.05) is 33.8 Å². The van der Waals surface area contributed by atoms with Crippen molar-refractivity contribution in [2.75, 3.05) is 0 Å². The maximum atomic E-state index is 5.14. The number of aromatic nitrogens is 5. The van der Waals surface area contributed by atoms with Crippen molar-refractivity contribution in [2.45, 2.75) is 53.4 Å². The highest BCUT2D eigenvalue weighted by Gasteiger charge is 2.21. The molecule has 0 aliphatic heterocycles. The number of hydrogen-bond donors (Lipinski definition) is 1. The van der Waals surface area contributed by atoms with Gasteiger partial charge in [-0.3, -0.25) is 5.10 Å². The van der Waals surface area contributed by atoms with Gasteiger partial charge in [-0.05, 0) is 61.1 Å². The second-order valence-corrected chi connectivity index (χ2v) is 7.47. The fourth-order valence-electron chi connectivity index (χ4n) is 4.56. The van der Waals surface area contributed by atoms with Crippen LogP contribution < -0.4 is 0 Å². The molecular weight excluding hydrogens is 382 g/mol. The van der Waals surface area contributed by atoms with Gasteiger partial charge in [0.05, 0.1) is 40.3 Å². The number of aryl methyl sites for hydroxylation is 2. The van der Waals surface area contributed by atoms with Crippen LogP contribution in [0.3, 0.4) is 0 Å². The van der Waals surface area contributed by atoms with E-state index in [1.807, 2.05) is 47.3 Å². The van der Waals surface area contributed by atoms with E-state index in [1.54, 1.807) is 0 Å². The van der Waals surface area contributed by atoms with Gasteiger partial charge in [0, 0.05) is 23.4 Å². The molecule has 0 saturated heterocycles. The first-order valence-electron chi connectivity index (χ1n) is 11.5. The van der Waals surface area contributed by atoms with Gasteiger partial charge < -0.3 is 4.57 Å². The predicted octanol–water partition coefficient (Wildman–Crippen LogP) is 6.60. The van der Waals surface area contributed by atoms with E-state index >= 15 is 0 Å². The molecule has 0 atom stereocenters. The van der Waals surface area contributed by atoms with Gasteiger partial charge in [0.1, 0.15) is 0 Å². The van der Waals surface area contributed by atoms with E-state index in [-0.39, 0.29) is 0 Å². The second kappa shape index (κ2) is 8.88. The van der Waals surface area contributed by atoms with Gasteiger partial charge in [-0.2, -0.15) is 5.10 Å². The summed E-state index contributed by atoms with van der Waals surface area (Å²) in [6.07, 6.45) is 8.47. The Bertz CT molecular complexity index is 1340. The highest BCUT2D eigenvalue weighted by molar-refractivity contribution is 6.07. The van der Waals surface area contributed by atoms with Crippen molar-refractivity contribution >= 4 is 32.8 Å². The van der Waals surface area contributed by atoms with Crippen LogP contribution in [-0.4, -0.2) is 24.7 Å². The maximum absolute atomic E-state index is 5.14. The smallest absolute Gasteiger partial charge is 0.0955 e. The van der Waals surface area contributed by atoms with Gasteiger partial charge in [0.2, 0.25) is 0 Å². The van der Waals surface area contributed by atoms with Crippen LogP contribution in [0.5, 0.6) is 0 Å². The number of imidazole rings is 1. The topological polar surface area (TPSA) is 59.4 Å². The molecule has 5 aromatic rings. The van der Waals surface area contributed by atoms with Gasteiger partial charge in [-0.25, -0.2) is 9.97 Å². The summed E-state index contributed by atoms with van der Waals surface area (Å²) < 4.78 is 2.07. The van der Waals surface area contributed by atoms with Crippen molar-refractivity contribution in [1.29, 1.82) is 0 Å². The van der Waals surface area contributed by atoms with Crippen LogP contribution in [0.1, 0.15) is 51.7 Å². The fourth-order valence-corrected chi connectivity index (χ4v) is 4.56. The standard InChI is InChI=1S/C22H19N5.2C2H6/c1-27-12-23-18-7-6-13(10-20(18)27)22-15-5-3-2-4-14(15)21-16-11-24-26-17(16)8-9-19(21)25-22;2*1-2/h6-12H,2-5H2,1H3,(H,24,26);2*1-2H3. The molecule has 0 radical (unpaired) electrons. The van der Waals surface area contributed by atoms with Crippen LogP contribution in [0, 0.1) is 0 Å². The predicted molar refractivity (Wildman–Crippen MR) is 130 cm³/mol. The number of nitrogens with one attached hydrogen (secondary N) is 1. The first kappa shape index (κ1) is 21.0. The highest BCUT2D eigenvalue weighted by Crippen LogP contribution is 2.38. The molecule has 31 heavy (non-hydrogen) atoms. The molecule has 0 unspecified atom stereocenters. The van der Waals surface area contributed by atoms with Crippen molar-refractivity contribution < 1.29 is 0 Å². The molecule has 160 valence electrons. The third-order valence-electron chi connectivity index (χ3n) is 5.89. The van der Waals surface area contributed by atoms with Crippen LogP contribution in [-0.2, 0) is 19.9 Å². The summed E-state index contributed by atoms with van der Waals surface area (Å²) in [5.74, 6) is 0. The quantitative estimate of drug-likeness (QED) is 0.337. The van der Waals surface area contributed by atoms with Crippen LogP contribution in [0.25, 0.3) is 44.1 Å². The fraction of sp³-hybridized carbons (Fsp3) is 0.346. The number of benzene rings is 2. The number of H-pyrrole nitrogens is 1. The summed E-state index contributed by atoms with van der Waals surface area (Å²) in [6, 6.07) is 10.7. The Morgan fingerprint density at radius 1 is 0.903 bits per heavy atom. The normalized spacial score (nSPS) is 12.8. The zero-order valence-corrected chi connectivity index (χ0v) is 19.2. The Morgan fingerprint density at radius 3 is 2.45 bits per heavy atom. The van der Waals surface area contributed by atoms with Crippen LogP contribution >= 0.6 is 0 Å². The lowest BCUT2D eigenvalue weighted by Crippen LogP contribution is -2.08. The van der Waals surface area contributed by atoms with Gasteiger partial charge in [-0.15, -0.1) is 0 Å². The van der Waals surface area contributed by atoms with E-state index in [0.717, 1.165) is 40.6 Å². The second-order valence-electron chi connectivity index (χ2n) is 7.47. The van der Waals surface area contributed by atoms with Crippen molar-refractivity contribution in [1.82, 2.24) is 24.7 Å². The van der Waals surface area contributed by atoms with Crippen molar-refractivity contribution in [3.05, 3.63) is 54.0 Å². The lowest BCUT2D eigenvalue weighted by molar-refractivity contribution is 0.689. The lowest BCUT2D eigenvalue weighted by atomic mass is 9.85. The van der Waals surface area contributed by atoms with Crippen molar-refractivity contribution in [3.8, 4) is 11.3 Å². The van der Waals surface area contributed by atoms with Crippen molar-refractivity contribution in [3.63, 3.8) is 0 Å². The molecule has 2 aromatic carbocycles. The highest BCUT2D eigenvalue weighted by atomic mass is 15.1. The zero-order chi connectivity index (χ0) is 22.0. The Labute approximate surface area is 183 Å². The minimum absolute atomic E-state index is 1.02. The number of nitrogens with zero attached hydrogens (tertiary/aromatic N) is 4. The summed E-state index contributed by atoms with van der Waals surface area (Å²) in [7, 11) is 2.04. The third-order valence-corrected chi connectivity index (χ3v) is 5.89. The average Bonchev–Trinajstić information content (AvgIpc) is 3.47. The Kier molecular flexibility index (Phi) is 6.03. The zero-order valence-electron chi connectivity index (χ0n) is 19.2. The number of pyridine rings is 1. The first-order valence-corrected chi connectivity index (χ1v) is 11.5.